The molecule has 2 atom stereocenters. The second kappa shape index (κ2) is 8.58. The predicted octanol–water partition coefficient (Wildman–Crippen LogP) is 1.98. The van der Waals surface area contributed by atoms with Crippen LogP contribution in [-0.4, -0.2) is 59.5 Å². The van der Waals surface area contributed by atoms with Gasteiger partial charge in [-0.15, -0.1) is 0 Å². The van der Waals surface area contributed by atoms with Gasteiger partial charge in [0.05, 0.1) is 26.0 Å². The fourth-order valence-corrected chi connectivity index (χ4v) is 3.79. The number of ether oxygens (including phenoxy) is 2. The molecule has 0 radical (unpaired) electrons. The molecule has 1 aromatic carbocycles. The van der Waals surface area contributed by atoms with Crippen LogP contribution >= 0.6 is 0 Å². The number of carboxylic acids is 1. The van der Waals surface area contributed by atoms with Gasteiger partial charge in [-0.1, -0.05) is 18.2 Å². The van der Waals surface area contributed by atoms with Crippen molar-refractivity contribution in [3.8, 4) is 11.6 Å². The van der Waals surface area contributed by atoms with Gasteiger partial charge in [0.15, 0.2) is 0 Å². The van der Waals surface area contributed by atoms with Crippen LogP contribution in [0.2, 0.25) is 0 Å². The van der Waals surface area contributed by atoms with Gasteiger partial charge in [-0.25, -0.2) is 4.98 Å². The molecule has 0 bridgehead atoms. The SMILES string of the molecule is COc1cccc(C[C@@]2(C(=O)O)CN(Cc3cccc(OC)n3)CC[C@H]2O)c1. The molecule has 1 aliphatic heterocycles. The number of hydrogen-bond donors (Lipinski definition) is 2. The van der Waals surface area contributed by atoms with E-state index in [-0.39, 0.29) is 13.0 Å². The summed E-state index contributed by atoms with van der Waals surface area (Å²) in [5.41, 5.74) is 0.335. The van der Waals surface area contributed by atoms with Gasteiger partial charge in [0.1, 0.15) is 11.2 Å². The first-order chi connectivity index (χ1) is 13.5. The van der Waals surface area contributed by atoms with E-state index in [0.717, 1.165) is 11.3 Å². The Bertz CT molecular complexity index is 828. The standard InChI is InChI=1S/C21H26N2O5/c1-27-17-7-3-5-15(11-17)12-21(20(25)26)14-23(10-9-18(21)24)13-16-6-4-8-19(22-16)28-2/h3-8,11,18,24H,9-10,12-14H2,1-2H3,(H,25,26)/t18-,21-/m1/s1. The van der Waals surface area contributed by atoms with Gasteiger partial charge in [0.2, 0.25) is 5.88 Å². The molecule has 2 aromatic rings. The van der Waals surface area contributed by atoms with E-state index in [0.29, 0.717) is 31.1 Å². The summed E-state index contributed by atoms with van der Waals surface area (Å²) < 4.78 is 10.4. The molecule has 2 N–H and O–H groups in total. The molecule has 1 fully saturated rings. The van der Waals surface area contributed by atoms with Crippen LogP contribution in [0.4, 0.5) is 0 Å². The largest absolute Gasteiger partial charge is 0.497 e. The summed E-state index contributed by atoms with van der Waals surface area (Å²) in [5.74, 6) is 0.197. The Hall–Kier alpha value is -2.64. The second-order valence-electron chi connectivity index (χ2n) is 7.18. The van der Waals surface area contributed by atoms with Crippen molar-refractivity contribution in [2.24, 2.45) is 5.41 Å². The number of methoxy groups -OCH3 is 2. The number of nitrogens with zero attached hydrogens (tertiary/aromatic N) is 2. The molecule has 0 unspecified atom stereocenters. The number of aliphatic carboxylic acids is 1. The zero-order chi connectivity index (χ0) is 20.1. The molecule has 3 rings (SSSR count). The highest BCUT2D eigenvalue weighted by Crippen LogP contribution is 2.36. The molecule has 150 valence electrons. The smallest absolute Gasteiger partial charge is 0.313 e. The molecule has 0 amide bonds. The van der Waals surface area contributed by atoms with Crippen LogP contribution < -0.4 is 9.47 Å². The van der Waals surface area contributed by atoms with Crippen LogP contribution in [0.25, 0.3) is 0 Å². The van der Waals surface area contributed by atoms with E-state index in [1.807, 2.05) is 41.3 Å². The van der Waals surface area contributed by atoms with Gasteiger partial charge in [0.25, 0.3) is 0 Å². The van der Waals surface area contributed by atoms with Crippen molar-refractivity contribution in [2.75, 3.05) is 27.3 Å². The van der Waals surface area contributed by atoms with Crippen molar-refractivity contribution in [1.82, 2.24) is 9.88 Å². The fraction of sp³-hybridized carbons (Fsp3) is 0.429. The Labute approximate surface area is 164 Å². The number of hydrogen-bond acceptors (Lipinski definition) is 6. The van der Waals surface area contributed by atoms with Gasteiger partial charge in [-0.05, 0) is 36.6 Å². The van der Waals surface area contributed by atoms with Crippen molar-refractivity contribution < 1.29 is 24.5 Å². The minimum Gasteiger partial charge on any atom is -0.497 e. The summed E-state index contributed by atoms with van der Waals surface area (Å²) >= 11 is 0. The first-order valence-electron chi connectivity index (χ1n) is 9.23. The number of carboxylic acid groups (broad SMARTS) is 1. The van der Waals surface area contributed by atoms with E-state index in [1.165, 1.54) is 0 Å². The zero-order valence-corrected chi connectivity index (χ0v) is 16.2. The first-order valence-corrected chi connectivity index (χ1v) is 9.23. The summed E-state index contributed by atoms with van der Waals surface area (Å²) in [5, 5.41) is 20.7. The lowest BCUT2D eigenvalue weighted by Crippen LogP contribution is -2.56. The molecule has 0 spiro atoms. The number of aliphatic hydroxyl groups excluding tert-OH is 1. The number of rotatable bonds is 7. The van der Waals surface area contributed by atoms with Crippen molar-refractivity contribution in [1.29, 1.82) is 0 Å². The molecule has 7 heteroatoms. The number of benzene rings is 1. The summed E-state index contributed by atoms with van der Waals surface area (Å²) in [4.78, 5) is 18.7. The third kappa shape index (κ3) is 4.26. The van der Waals surface area contributed by atoms with Crippen molar-refractivity contribution in [3.05, 3.63) is 53.7 Å². The van der Waals surface area contributed by atoms with Gasteiger partial charge in [-0.3, -0.25) is 9.69 Å². The first kappa shape index (κ1) is 20.1. The van der Waals surface area contributed by atoms with Crippen LogP contribution in [0.5, 0.6) is 11.6 Å². The zero-order valence-electron chi connectivity index (χ0n) is 16.2. The molecule has 2 heterocycles. The summed E-state index contributed by atoms with van der Waals surface area (Å²) in [7, 11) is 3.14. The summed E-state index contributed by atoms with van der Waals surface area (Å²) in [6, 6.07) is 12.8. The number of piperidine rings is 1. The van der Waals surface area contributed by atoms with Gasteiger partial charge < -0.3 is 19.7 Å². The van der Waals surface area contributed by atoms with Crippen molar-refractivity contribution in [2.45, 2.75) is 25.5 Å². The molecule has 1 aliphatic rings. The number of aliphatic hydroxyl groups is 1. The van der Waals surface area contributed by atoms with E-state index >= 15 is 0 Å². The van der Waals surface area contributed by atoms with Gasteiger partial charge in [0, 0.05) is 25.7 Å². The second-order valence-corrected chi connectivity index (χ2v) is 7.18. The predicted molar refractivity (Wildman–Crippen MR) is 103 cm³/mol. The molecule has 28 heavy (non-hydrogen) atoms. The number of carbonyl (C=O) groups is 1. The maximum Gasteiger partial charge on any atom is 0.313 e. The molecule has 0 saturated carbocycles. The molecule has 0 aliphatic carbocycles. The highest BCUT2D eigenvalue weighted by atomic mass is 16.5. The minimum atomic E-state index is -1.29. The quantitative estimate of drug-likeness (QED) is 0.752. The maximum absolute atomic E-state index is 12.3. The third-order valence-electron chi connectivity index (χ3n) is 5.32. The number of likely N-dealkylation sites (tertiary alicyclic amines) is 1. The van der Waals surface area contributed by atoms with Crippen LogP contribution in [-0.2, 0) is 17.8 Å². The van der Waals surface area contributed by atoms with E-state index < -0.39 is 17.5 Å². The maximum atomic E-state index is 12.3. The number of aromatic nitrogens is 1. The van der Waals surface area contributed by atoms with E-state index in [1.54, 1.807) is 20.3 Å². The van der Waals surface area contributed by atoms with Crippen molar-refractivity contribution in [3.63, 3.8) is 0 Å². The monoisotopic (exact) mass is 386 g/mol. The average Bonchev–Trinajstić information content (AvgIpc) is 2.70. The fourth-order valence-electron chi connectivity index (χ4n) is 3.79. The average molecular weight is 386 g/mol. The summed E-state index contributed by atoms with van der Waals surface area (Å²) in [6.07, 6.45) is -0.311. The van der Waals surface area contributed by atoms with Crippen LogP contribution in [0.3, 0.4) is 0 Å². The Kier molecular flexibility index (Phi) is 6.16. The van der Waals surface area contributed by atoms with Crippen molar-refractivity contribution >= 4 is 5.97 Å². The summed E-state index contributed by atoms with van der Waals surface area (Å²) in [6.45, 7) is 1.34. The van der Waals surface area contributed by atoms with E-state index in [4.69, 9.17) is 9.47 Å². The van der Waals surface area contributed by atoms with E-state index in [9.17, 15) is 15.0 Å². The Balaban J connectivity index is 1.83. The van der Waals surface area contributed by atoms with Crippen LogP contribution in [0.15, 0.2) is 42.5 Å². The number of pyridine rings is 1. The minimum absolute atomic E-state index is 0.225. The van der Waals surface area contributed by atoms with E-state index in [2.05, 4.69) is 4.98 Å². The highest BCUT2D eigenvalue weighted by Gasteiger charge is 2.49. The molecule has 1 aromatic heterocycles. The molecule has 7 nitrogen and oxygen atoms in total. The van der Waals surface area contributed by atoms with Gasteiger partial charge >= 0.3 is 5.97 Å². The third-order valence-corrected chi connectivity index (χ3v) is 5.32. The lowest BCUT2D eigenvalue weighted by molar-refractivity contribution is -0.163. The van der Waals surface area contributed by atoms with Crippen LogP contribution in [0, 0.1) is 5.41 Å². The lowest BCUT2D eigenvalue weighted by Gasteiger charge is -2.43. The topological polar surface area (TPSA) is 92.1 Å². The normalized spacial score (nSPS) is 22.6. The highest BCUT2D eigenvalue weighted by molar-refractivity contribution is 5.76. The van der Waals surface area contributed by atoms with Crippen LogP contribution in [0.1, 0.15) is 17.7 Å². The molecular weight excluding hydrogens is 360 g/mol. The Morgan fingerprint density at radius 1 is 1.25 bits per heavy atom. The Morgan fingerprint density at radius 2 is 2.04 bits per heavy atom. The molecular formula is C21H26N2O5. The molecule has 1 saturated heterocycles. The Morgan fingerprint density at radius 3 is 2.75 bits per heavy atom. The lowest BCUT2D eigenvalue weighted by atomic mass is 9.72. The van der Waals surface area contributed by atoms with Gasteiger partial charge in [-0.2, -0.15) is 0 Å².